The van der Waals surface area contributed by atoms with Crippen LogP contribution in [0.25, 0.3) is 88.3 Å². The summed E-state index contributed by atoms with van der Waals surface area (Å²) in [6, 6.07) is 55.7. The highest BCUT2D eigenvalue weighted by Gasteiger charge is 2.29. The number of hydrogen-bond donors (Lipinski definition) is 0. The van der Waals surface area contributed by atoms with Gasteiger partial charge in [-0.15, -0.1) is 0 Å². The second-order valence-electron chi connectivity index (χ2n) is 13.3. The third kappa shape index (κ3) is 3.48. The predicted molar refractivity (Wildman–Crippen MR) is 209 cm³/mol. The Labute approximate surface area is 291 Å². The van der Waals surface area contributed by atoms with Crippen LogP contribution in [0.15, 0.2) is 158 Å². The maximum absolute atomic E-state index is 5.54. The molecule has 6 nitrogen and oxygen atoms in total. The smallest absolute Gasteiger partial charge is 0.235 e. The summed E-state index contributed by atoms with van der Waals surface area (Å²) in [4.78, 5) is 18.7. The minimum atomic E-state index is 0.618. The number of imidazole rings is 1. The Morgan fingerprint density at radius 1 is 0.431 bits per heavy atom. The summed E-state index contributed by atoms with van der Waals surface area (Å²) in [5.41, 5.74) is 12.2. The zero-order chi connectivity index (χ0) is 33.2. The molecule has 0 saturated carbocycles. The Balaban J connectivity index is 1.28. The van der Waals surface area contributed by atoms with E-state index in [1.807, 2.05) is 6.07 Å². The van der Waals surface area contributed by atoms with Crippen molar-refractivity contribution in [2.45, 2.75) is 0 Å². The molecule has 12 rings (SSSR count). The van der Waals surface area contributed by atoms with Crippen molar-refractivity contribution in [1.82, 2.24) is 23.9 Å². The van der Waals surface area contributed by atoms with Crippen molar-refractivity contribution in [3.63, 3.8) is 0 Å². The molecular formula is C45H26N6. The number of anilines is 3. The Hall–Kier alpha value is -7.05. The maximum Gasteiger partial charge on any atom is 0.235 e. The molecule has 0 aliphatic carbocycles. The molecule has 1 aliphatic heterocycles. The zero-order valence-electron chi connectivity index (χ0n) is 27.2. The van der Waals surface area contributed by atoms with Crippen molar-refractivity contribution in [1.29, 1.82) is 0 Å². The minimum absolute atomic E-state index is 0.618. The lowest BCUT2D eigenvalue weighted by Gasteiger charge is -2.30. The van der Waals surface area contributed by atoms with Crippen LogP contribution >= 0.6 is 0 Å². The summed E-state index contributed by atoms with van der Waals surface area (Å²) in [7, 11) is 0. The summed E-state index contributed by atoms with van der Waals surface area (Å²) < 4.78 is 4.52. The van der Waals surface area contributed by atoms with E-state index in [2.05, 4.69) is 166 Å². The van der Waals surface area contributed by atoms with Crippen LogP contribution in [0.2, 0.25) is 0 Å². The zero-order valence-corrected chi connectivity index (χ0v) is 27.2. The first-order valence-electron chi connectivity index (χ1n) is 17.2. The van der Waals surface area contributed by atoms with E-state index >= 15 is 0 Å². The van der Waals surface area contributed by atoms with Crippen molar-refractivity contribution in [3.05, 3.63) is 158 Å². The molecule has 51 heavy (non-hydrogen) atoms. The number of fused-ring (bicyclic) bond motifs is 8. The van der Waals surface area contributed by atoms with Gasteiger partial charge in [0, 0.05) is 38.2 Å². The standard InChI is InChI=1S/C45H26N6/c1-3-13-28(14-4-1)42-39-30-18-7-9-20-32(30)50-33-21-10-8-19-31(33)46-44(50)43(39)48-45(47-42)51-36-24-12-23-35-40(36)41-37(51)26-25-27-15-11-22-34(38(27)41)49(35)29-16-5-2-6-17-29/h1-26H. The van der Waals surface area contributed by atoms with Crippen LogP contribution in [0.3, 0.4) is 0 Å². The molecule has 0 saturated heterocycles. The van der Waals surface area contributed by atoms with E-state index in [-0.39, 0.29) is 0 Å². The first kappa shape index (κ1) is 26.9. The topological polar surface area (TPSA) is 51.2 Å². The fourth-order valence-corrected chi connectivity index (χ4v) is 8.54. The van der Waals surface area contributed by atoms with Gasteiger partial charge in [0.15, 0.2) is 5.65 Å². The van der Waals surface area contributed by atoms with Gasteiger partial charge in [-0.25, -0.2) is 15.0 Å². The number of nitrogens with zero attached hydrogens (tertiary/aromatic N) is 6. The van der Waals surface area contributed by atoms with Gasteiger partial charge in [0.25, 0.3) is 0 Å². The minimum Gasteiger partial charge on any atom is -0.309 e. The molecule has 0 radical (unpaired) electrons. The Morgan fingerprint density at radius 3 is 1.98 bits per heavy atom. The lowest BCUT2D eigenvalue weighted by Crippen LogP contribution is -2.12. The van der Waals surface area contributed by atoms with Gasteiger partial charge < -0.3 is 4.90 Å². The van der Waals surface area contributed by atoms with Gasteiger partial charge in [0.05, 0.1) is 44.7 Å². The highest BCUT2D eigenvalue weighted by Crippen LogP contribution is 2.52. The van der Waals surface area contributed by atoms with Crippen LogP contribution in [0.1, 0.15) is 0 Å². The van der Waals surface area contributed by atoms with E-state index in [1.165, 1.54) is 27.2 Å². The highest BCUT2D eigenvalue weighted by molar-refractivity contribution is 6.31. The largest absolute Gasteiger partial charge is 0.309 e. The fourth-order valence-electron chi connectivity index (χ4n) is 8.54. The molecule has 0 fully saturated rings. The summed E-state index contributed by atoms with van der Waals surface area (Å²) in [6.45, 7) is 0. The molecule has 7 aromatic carbocycles. The molecule has 0 unspecified atom stereocenters. The van der Waals surface area contributed by atoms with E-state index in [4.69, 9.17) is 15.0 Å². The van der Waals surface area contributed by atoms with E-state index < -0.39 is 0 Å². The molecule has 236 valence electrons. The highest BCUT2D eigenvalue weighted by atomic mass is 15.2. The second-order valence-corrected chi connectivity index (χ2v) is 13.3. The van der Waals surface area contributed by atoms with Crippen molar-refractivity contribution in [2.24, 2.45) is 0 Å². The van der Waals surface area contributed by atoms with E-state index in [0.29, 0.717) is 5.95 Å². The average molecular weight is 651 g/mol. The molecule has 6 heteroatoms. The SMILES string of the molecule is c1ccc(-c2nc(-n3c4cccc5c4c4c6c(cccc6ccc43)N5c3ccccc3)nc3c2c2ccccc2n2c4ccccc4nc32)cc1. The number of rotatable bonds is 3. The molecule has 5 heterocycles. The van der Waals surface area contributed by atoms with Crippen molar-refractivity contribution in [2.75, 3.05) is 4.90 Å². The second kappa shape index (κ2) is 9.77. The number of hydrogen-bond acceptors (Lipinski definition) is 4. The summed E-state index contributed by atoms with van der Waals surface area (Å²) in [5.74, 6) is 0.618. The normalized spacial score (nSPS) is 12.7. The van der Waals surface area contributed by atoms with Crippen LogP contribution in [-0.2, 0) is 0 Å². The van der Waals surface area contributed by atoms with Gasteiger partial charge >= 0.3 is 0 Å². The third-order valence-corrected chi connectivity index (χ3v) is 10.6. The lowest BCUT2D eigenvalue weighted by atomic mass is 9.96. The molecule has 0 spiro atoms. The first-order valence-corrected chi connectivity index (χ1v) is 17.2. The molecule has 0 bridgehead atoms. The Morgan fingerprint density at radius 2 is 1.12 bits per heavy atom. The van der Waals surface area contributed by atoms with Crippen molar-refractivity contribution < 1.29 is 0 Å². The Kier molecular flexibility index (Phi) is 5.14. The van der Waals surface area contributed by atoms with Crippen LogP contribution in [-0.4, -0.2) is 23.9 Å². The first-order chi connectivity index (χ1) is 25.3. The van der Waals surface area contributed by atoms with E-state index in [9.17, 15) is 0 Å². The predicted octanol–water partition coefficient (Wildman–Crippen LogP) is 11.3. The average Bonchev–Trinajstić information content (AvgIpc) is 3.76. The number of para-hydroxylation sites is 4. The summed E-state index contributed by atoms with van der Waals surface area (Å²) in [6.07, 6.45) is 0. The van der Waals surface area contributed by atoms with Gasteiger partial charge in [-0.05, 0) is 60.0 Å². The van der Waals surface area contributed by atoms with E-state index in [1.54, 1.807) is 0 Å². The molecular weight excluding hydrogens is 625 g/mol. The molecule has 11 aromatic rings. The quantitative estimate of drug-likeness (QED) is 0.179. The third-order valence-electron chi connectivity index (χ3n) is 10.6. The van der Waals surface area contributed by atoms with Gasteiger partial charge in [-0.1, -0.05) is 103 Å². The van der Waals surface area contributed by atoms with Gasteiger partial charge in [-0.3, -0.25) is 8.97 Å². The Bertz CT molecular complexity index is 3250. The summed E-state index contributed by atoms with van der Waals surface area (Å²) >= 11 is 0. The van der Waals surface area contributed by atoms with Crippen LogP contribution in [0.5, 0.6) is 0 Å². The lowest BCUT2D eigenvalue weighted by molar-refractivity contribution is 1.01. The monoisotopic (exact) mass is 650 g/mol. The molecule has 0 N–H and O–H groups in total. The maximum atomic E-state index is 5.54. The van der Waals surface area contributed by atoms with Gasteiger partial charge in [0.1, 0.15) is 5.52 Å². The van der Waals surface area contributed by atoms with Crippen LogP contribution in [0, 0.1) is 0 Å². The molecule has 1 aliphatic rings. The fraction of sp³-hybridized carbons (Fsp3) is 0. The van der Waals surface area contributed by atoms with Crippen LogP contribution in [0.4, 0.5) is 17.1 Å². The van der Waals surface area contributed by atoms with Gasteiger partial charge in [0.2, 0.25) is 5.95 Å². The van der Waals surface area contributed by atoms with Crippen LogP contribution < -0.4 is 4.90 Å². The summed E-state index contributed by atoms with van der Waals surface area (Å²) in [5, 5.41) is 6.94. The number of benzene rings is 7. The van der Waals surface area contributed by atoms with E-state index in [0.717, 1.165) is 72.2 Å². The molecule has 0 atom stereocenters. The number of pyridine rings is 1. The van der Waals surface area contributed by atoms with Crippen molar-refractivity contribution >= 4 is 88.1 Å². The van der Waals surface area contributed by atoms with Gasteiger partial charge in [-0.2, -0.15) is 0 Å². The van der Waals surface area contributed by atoms with Crippen molar-refractivity contribution in [3.8, 4) is 17.2 Å². The molecule has 4 aromatic heterocycles. The molecule has 0 amide bonds. The number of aromatic nitrogens is 5.